The van der Waals surface area contributed by atoms with Crippen LogP contribution in [-0.4, -0.2) is 16.1 Å². The number of carbonyl (C=O) groups excluding carboxylic acids is 1. The summed E-state index contributed by atoms with van der Waals surface area (Å²) < 4.78 is 20.2. The topological polar surface area (TPSA) is 75.4 Å². The van der Waals surface area contributed by atoms with E-state index in [0.29, 0.717) is 29.9 Å². The number of fused-ring (bicyclic) bond motifs is 1. The van der Waals surface area contributed by atoms with E-state index in [1.54, 1.807) is 19.1 Å². The molecule has 5 rings (SSSR count). The molecule has 6 heteroatoms. The molecule has 0 unspecified atom stereocenters. The number of hydrogen-bond acceptors (Lipinski definition) is 4. The van der Waals surface area contributed by atoms with Gasteiger partial charge in [0.05, 0.1) is 5.41 Å². The van der Waals surface area contributed by atoms with Gasteiger partial charge in [0.1, 0.15) is 11.3 Å². The molecule has 2 fully saturated rings. The van der Waals surface area contributed by atoms with Crippen LogP contribution in [-0.2, 0) is 15.6 Å². The highest BCUT2D eigenvalue weighted by molar-refractivity contribution is 5.88. The number of nitrogens with one attached hydrogen (secondary N) is 1. The first-order valence-electron chi connectivity index (χ1n) is 10.5. The Hall–Kier alpha value is -2.73. The molecule has 0 saturated heterocycles. The van der Waals surface area contributed by atoms with Gasteiger partial charge in [0.25, 0.3) is 5.91 Å². The van der Waals surface area contributed by atoms with Gasteiger partial charge in [-0.2, -0.15) is 0 Å². The molecule has 2 aliphatic rings. The zero-order valence-electron chi connectivity index (χ0n) is 17.2. The molecule has 1 heterocycles. The molecular formula is C24H25FN2O3. The number of rotatable bonds is 4. The Bertz CT molecular complexity index is 1150. The van der Waals surface area contributed by atoms with E-state index in [1.807, 2.05) is 17.6 Å². The van der Waals surface area contributed by atoms with Crippen LogP contribution in [0.25, 0.3) is 11.1 Å². The summed E-state index contributed by atoms with van der Waals surface area (Å²) >= 11 is 0. The zero-order chi connectivity index (χ0) is 21.1. The Morgan fingerprint density at radius 3 is 2.80 bits per heavy atom. The van der Waals surface area contributed by atoms with E-state index in [4.69, 9.17) is 4.42 Å². The fourth-order valence-corrected chi connectivity index (χ4v) is 5.18. The second-order valence-electron chi connectivity index (χ2n) is 9.18. The Labute approximate surface area is 174 Å². The smallest absolute Gasteiger partial charge is 0.254 e. The lowest BCUT2D eigenvalue weighted by atomic mass is 9.71. The van der Waals surface area contributed by atoms with E-state index in [2.05, 4.69) is 18.0 Å². The first-order chi connectivity index (χ1) is 14.4. The highest BCUT2D eigenvalue weighted by atomic mass is 19.1. The number of nitrogens with zero attached hydrogens (tertiary/aromatic N) is 1. The van der Waals surface area contributed by atoms with Gasteiger partial charge < -0.3 is 4.42 Å². The number of carbonyl (C=O) groups is 1. The number of benzene rings is 2. The van der Waals surface area contributed by atoms with E-state index in [-0.39, 0.29) is 11.2 Å². The van der Waals surface area contributed by atoms with Gasteiger partial charge in [0, 0.05) is 5.92 Å². The van der Waals surface area contributed by atoms with Crippen LogP contribution in [0.2, 0.25) is 0 Å². The molecule has 1 aromatic heterocycles. The number of amides is 1. The molecule has 30 heavy (non-hydrogen) atoms. The van der Waals surface area contributed by atoms with Crippen LogP contribution in [0.15, 0.2) is 40.8 Å². The lowest BCUT2D eigenvalue weighted by Gasteiger charge is -2.32. The maximum absolute atomic E-state index is 14.3. The molecule has 1 amide bonds. The molecule has 156 valence electrons. The van der Waals surface area contributed by atoms with Gasteiger partial charge in [-0.1, -0.05) is 25.1 Å². The molecule has 2 atom stereocenters. The summed E-state index contributed by atoms with van der Waals surface area (Å²) in [6.07, 6.45) is 3.97. The first-order valence-corrected chi connectivity index (χ1v) is 10.5. The van der Waals surface area contributed by atoms with E-state index < -0.39 is 11.3 Å². The second kappa shape index (κ2) is 6.64. The van der Waals surface area contributed by atoms with Crippen molar-refractivity contribution < 1.29 is 18.8 Å². The van der Waals surface area contributed by atoms with E-state index in [0.717, 1.165) is 41.8 Å². The van der Waals surface area contributed by atoms with Crippen molar-refractivity contribution in [2.24, 2.45) is 0 Å². The molecule has 0 bridgehead atoms. The molecule has 0 radical (unpaired) electrons. The minimum atomic E-state index is -0.992. The maximum atomic E-state index is 14.3. The van der Waals surface area contributed by atoms with Crippen LogP contribution >= 0.6 is 0 Å². The third-order valence-electron chi connectivity index (χ3n) is 7.14. The summed E-state index contributed by atoms with van der Waals surface area (Å²) in [4.78, 5) is 17.6. The summed E-state index contributed by atoms with van der Waals surface area (Å²) in [7, 11) is 0. The van der Waals surface area contributed by atoms with Gasteiger partial charge in [-0.15, -0.1) is 0 Å². The molecule has 2 N–H and O–H groups in total. The van der Waals surface area contributed by atoms with Crippen molar-refractivity contribution in [3.05, 3.63) is 64.8 Å². The van der Waals surface area contributed by atoms with Crippen LogP contribution in [0, 0.1) is 12.7 Å². The summed E-state index contributed by atoms with van der Waals surface area (Å²) in [5.74, 6) is 0.421. The largest absolute Gasteiger partial charge is 0.440 e. The molecule has 0 aliphatic heterocycles. The average Bonchev–Trinajstić information content (AvgIpc) is 3.40. The van der Waals surface area contributed by atoms with Crippen molar-refractivity contribution in [1.29, 1.82) is 0 Å². The van der Waals surface area contributed by atoms with Crippen LogP contribution in [0.5, 0.6) is 0 Å². The molecule has 3 aromatic rings. The third kappa shape index (κ3) is 2.85. The van der Waals surface area contributed by atoms with Crippen molar-refractivity contribution in [1.82, 2.24) is 10.5 Å². The molecule has 2 aliphatic carbocycles. The number of oxazole rings is 1. The van der Waals surface area contributed by atoms with Gasteiger partial charge in [0.15, 0.2) is 11.5 Å². The van der Waals surface area contributed by atoms with E-state index >= 15 is 0 Å². The normalized spacial score (nSPS) is 26.3. The van der Waals surface area contributed by atoms with Gasteiger partial charge in [-0.05, 0) is 79.3 Å². The Morgan fingerprint density at radius 2 is 2.07 bits per heavy atom. The highest BCUT2D eigenvalue weighted by Crippen LogP contribution is 2.53. The van der Waals surface area contributed by atoms with E-state index in [1.165, 1.54) is 6.07 Å². The van der Waals surface area contributed by atoms with E-state index in [9.17, 15) is 14.4 Å². The van der Waals surface area contributed by atoms with Crippen molar-refractivity contribution >= 4 is 17.0 Å². The lowest BCUT2D eigenvalue weighted by Crippen LogP contribution is -2.43. The van der Waals surface area contributed by atoms with Gasteiger partial charge in [0.2, 0.25) is 0 Å². The van der Waals surface area contributed by atoms with Gasteiger partial charge >= 0.3 is 0 Å². The van der Waals surface area contributed by atoms with Crippen molar-refractivity contribution in [3.63, 3.8) is 0 Å². The fraction of sp³-hybridized carbons (Fsp3) is 0.417. The van der Waals surface area contributed by atoms with Crippen molar-refractivity contribution in [3.8, 4) is 0 Å². The first kappa shape index (κ1) is 19.2. The van der Waals surface area contributed by atoms with Crippen LogP contribution in [0.4, 0.5) is 4.39 Å². The minimum absolute atomic E-state index is 0.321. The van der Waals surface area contributed by atoms with Gasteiger partial charge in [-0.3, -0.25) is 10.0 Å². The quantitative estimate of drug-likeness (QED) is 0.469. The summed E-state index contributed by atoms with van der Waals surface area (Å²) in [5.41, 5.74) is 4.31. The Kier molecular flexibility index (Phi) is 4.26. The summed E-state index contributed by atoms with van der Waals surface area (Å²) in [6.45, 7) is 3.81. The maximum Gasteiger partial charge on any atom is 0.254 e. The van der Waals surface area contributed by atoms with Crippen LogP contribution in [0.1, 0.15) is 67.5 Å². The van der Waals surface area contributed by atoms with Crippen molar-refractivity contribution in [2.45, 2.75) is 62.7 Å². The monoisotopic (exact) mass is 408 g/mol. The Morgan fingerprint density at radius 1 is 1.27 bits per heavy atom. The average molecular weight is 408 g/mol. The number of hydroxylamine groups is 1. The molecule has 2 aromatic carbocycles. The zero-order valence-corrected chi connectivity index (χ0v) is 17.2. The highest BCUT2D eigenvalue weighted by Gasteiger charge is 2.53. The van der Waals surface area contributed by atoms with Crippen molar-refractivity contribution in [2.75, 3.05) is 0 Å². The second-order valence-corrected chi connectivity index (χ2v) is 9.18. The number of halogens is 1. The molecular weight excluding hydrogens is 383 g/mol. The molecule has 2 saturated carbocycles. The summed E-state index contributed by atoms with van der Waals surface area (Å²) in [6, 6.07) is 10.9. The predicted octanol–water partition coefficient (Wildman–Crippen LogP) is 5.04. The van der Waals surface area contributed by atoms with Crippen LogP contribution < -0.4 is 5.48 Å². The molecule has 0 spiro atoms. The fourth-order valence-electron chi connectivity index (χ4n) is 5.18. The standard InChI is InChI=1S/C24H25FN2O3/c1-14-17(4-3-5-18(14)25)24(22(28)27-29)11-10-23(2,13-24)16-8-9-20-19(12-16)26-21(30-20)15-6-7-15/h3-5,8-9,12,15,29H,6-7,10-11,13H2,1-2H3,(H,27,28)/t23-,24+/m1/s1. The van der Waals surface area contributed by atoms with Gasteiger partial charge in [-0.25, -0.2) is 14.9 Å². The predicted molar refractivity (Wildman–Crippen MR) is 110 cm³/mol. The van der Waals surface area contributed by atoms with Crippen LogP contribution in [0.3, 0.4) is 0 Å². The summed E-state index contributed by atoms with van der Waals surface area (Å²) in [5, 5.41) is 9.51. The lowest BCUT2D eigenvalue weighted by molar-refractivity contribution is -0.135. The molecule has 5 nitrogen and oxygen atoms in total. The Balaban J connectivity index is 1.56. The number of aromatic nitrogens is 1. The third-order valence-corrected chi connectivity index (χ3v) is 7.14. The SMILES string of the molecule is Cc1c(F)cccc1[C@]1(C(=O)NO)CC[C@@](C)(c2ccc3oc(C4CC4)nc3c2)C1. The minimum Gasteiger partial charge on any atom is -0.440 e. The number of hydrogen-bond donors (Lipinski definition) is 2.